The molecular formula is C26H28N4O2. The molecular weight excluding hydrogens is 400 g/mol. The zero-order valence-corrected chi connectivity index (χ0v) is 18.4. The number of hydrogen-bond donors (Lipinski definition) is 2. The summed E-state index contributed by atoms with van der Waals surface area (Å²) in [5.74, 6) is -0.0906. The van der Waals surface area contributed by atoms with Crippen molar-refractivity contribution < 1.29 is 9.59 Å². The van der Waals surface area contributed by atoms with Crippen LogP contribution in [0.5, 0.6) is 0 Å². The quantitative estimate of drug-likeness (QED) is 0.666. The first kappa shape index (κ1) is 20.5. The van der Waals surface area contributed by atoms with Gasteiger partial charge in [-0.05, 0) is 42.9 Å². The van der Waals surface area contributed by atoms with Gasteiger partial charge in [0.05, 0.1) is 12.5 Å². The van der Waals surface area contributed by atoms with Crippen LogP contribution in [0.3, 0.4) is 0 Å². The molecule has 3 aromatic rings. The number of carbonyl (C=O) groups excluding carboxylic acids is 2. The fourth-order valence-corrected chi connectivity index (χ4v) is 4.93. The number of benzene rings is 2. The third-order valence-electron chi connectivity index (χ3n) is 6.61. The molecule has 2 heterocycles. The molecule has 32 heavy (non-hydrogen) atoms. The Balaban J connectivity index is 1.30. The van der Waals surface area contributed by atoms with Gasteiger partial charge in [-0.1, -0.05) is 54.1 Å². The number of fused-ring (bicyclic) bond motifs is 2. The van der Waals surface area contributed by atoms with E-state index < -0.39 is 0 Å². The van der Waals surface area contributed by atoms with Crippen LogP contribution in [0, 0.1) is 6.92 Å². The van der Waals surface area contributed by atoms with Gasteiger partial charge in [-0.3, -0.25) is 14.7 Å². The van der Waals surface area contributed by atoms with E-state index in [2.05, 4.69) is 33.7 Å². The lowest BCUT2D eigenvalue weighted by molar-refractivity contribution is -0.131. The Morgan fingerprint density at radius 3 is 2.91 bits per heavy atom. The van der Waals surface area contributed by atoms with Crippen LogP contribution in [0.25, 0.3) is 0 Å². The second kappa shape index (κ2) is 8.61. The van der Waals surface area contributed by atoms with Crippen molar-refractivity contribution in [3.63, 3.8) is 0 Å². The topological polar surface area (TPSA) is 78.1 Å². The summed E-state index contributed by atoms with van der Waals surface area (Å²) < 4.78 is 0. The van der Waals surface area contributed by atoms with Crippen molar-refractivity contribution in [3.05, 3.63) is 87.7 Å². The minimum Gasteiger partial charge on any atom is -0.344 e. The van der Waals surface area contributed by atoms with Gasteiger partial charge >= 0.3 is 0 Å². The number of rotatable bonds is 4. The van der Waals surface area contributed by atoms with Crippen LogP contribution in [0.4, 0.5) is 0 Å². The van der Waals surface area contributed by atoms with Crippen molar-refractivity contribution in [2.75, 3.05) is 6.54 Å². The van der Waals surface area contributed by atoms with E-state index in [1.165, 1.54) is 11.1 Å². The summed E-state index contributed by atoms with van der Waals surface area (Å²) in [5.41, 5.74) is 6.88. The summed E-state index contributed by atoms with van der Waals surface area (Å²) in [4.78, 5) is 27.9. The summed E-state index contributed by atoms with van der Waals surface area (Å²) in [6.45, 7) is 3.08. The number of nitrogens with zero attached hydrogens (tertiary/aromatic N) is 2. The predicted molar refractivity (Wildman–Crippen MR) is 122 cm³/mol. The number of aromatic nitrogens is 2. The SMILES string of the molecule is Cc1cccc(CC(=O)N2CCc3[nH]nc(C(=O)N[C@H]4CCCc5ccccc54)c3C2)c1. The standard InChI is InChI=1S/C26H28N4O2/c1-17-6-4-7-18(14-17)15-24(31)30-13-12-23-21(16-30)25(29-28-23)26(32)27-22-11-5-9-19-8-2-3-10-20(19)22/h2-4,6-8,10,14,22H,5,9,11-13,15-16H2,1H3,(H,27,32)(H,28,29)/t22-/m0/s1. The molecule has 1 atom stereocenters. The molecule has 6 nitrogen and oxygen atoms in total. The predicted octanol–water partition coefficient (Wildman–Crippen LogP) is 3.65. The fraction of sp³-hybridized carbons (Fsp3) is 0.346. The molecule has 0 radical (unpaired) electrons. The van der Waals surface area contributed by atoms with Gasteiger partial charge < -0.3 is 10.2 Å². The highest BCUT2D eigenvalue weighted by molar-refractivity contribution is 5.94. The maximum absolute atomic E-state index is 13.2. The van der Waals surface area contributed by atoms with Crippen LogP contribution in [0.2, 0.25) is 0 Å². The van der Waals surface area contributed by atoms with Gasteiger partial charge in [0.2, 0.25) is 5.91 Å². The maximum atomic E-state index is 13.2. The Labute approximate surface area is 188 Å². The second-order valence-corrected chi connectivity index (χ2v) is 8.88. The first-order valence-corrected chi connectivity index (χ1v) is 11.4. The monoisotopic (exact) mass is 428 g/mol. The third-order valence-corrected chi connectivity index (χ3v) is 6.61. The highest BCUT2D eigenvalue weighted by Crippen LogP contribution is 2.30. The van der Waals surface area contributed by atoms with Gasteiger partial charge in [-0.2, -0.15) is 5.10 Å². The van der Waals surface area contributed by atoms with Crippen molar-refractivity contribution in [3.8, 4) is 0 Å². The molecule has 1 aliphatic carbocycles. The Kier molecular flexibility index (Phi) is 5.52. The smallest absolute Gasteiger partial charge is 0.272 e. The van der Waals surface area contributed by atoms with Gasteiger partial charge in [0.1, 0.15) is 0 Å². The molecule has 0 unspecified atom stereocenters. The van der Waals surface area contributed by atoms with Gasteiger partial charge in [-0.15, -0.1) is 0 Å². The highest BCUT2D eigenvalue weighted by Gasteiger charge is 2.29. The molecule has 0 bridgehead atoms. The maximum Gasteiger partial charge on any atom is 0.272 e. The van der Waals surface area contributed by atoms with E-state index >= 15 is 0 Å². The number of amides is 2. The fourth-order valence-electron chi connectivity index (χ4n) is 4.93. The molecule has 1 aromatic heterocycles. The van der Waals surface area contributed by atoms with E-state index in [1.54, 1.807) is 0 Å². The van der Waals surface area contributed by atoms with Crippen molar-refractivity contribution in [2.24, 2.45) is 0 Å². The molecule has 0 saturated carbocycles. The van der Waals surface area contributed by atoms with Crippen LogP contribution in [-0.2, 0) is 30.6 Å². The van der Waals surface area contributed by atoms with Crippen LogP contribution >= 0.6 is 0 Å². The zero-order chi connectivity index (χ0) is 22.1. The van der Waals surface area contributed by atoms with E-state index in [9.17, 15) is 9.59 Å². The molecule has 5 rings (SSSR count). The highest BCUT2D eigenvalue weighted by atomic mass is 16.2. The molecule has 0 fully saturated rings. The number of carbonyl (C=O) groups is 2. The first-order valence-electron chi connectivity index (χ1n) is 11.4. The van der Waals surface area contributed by atoms with Crippen LogP contribution in [0.15, 0.2) is 48.5 Å². The normalized spacial score (nSPS) is 17.4. The molecule has 164 valence electrons. The van der Waals surface area contributed by atoms with Crippen molar-refractivity contribution >= 4 is 11.8 Å². The molecule has 2 aromatic carbocycles. The number of hydrogen-bond acceptors (Lipinski definition) is 3. The van der Waals surface area contributed by atoms with Gasteiger partial charge in [0, 0.05) is 30.8 Å². The number of H-pyrrole nitrogens is 1. The van der Waals surface area contributed by atoms with Gasteiger partial charge in [0.25, 0.3) is 5.91 Å². The molecule has 1 aliphatic heterocycles. The molecule has 2 N–H and O–H groups in total. The van der Waals surface area contributed by atoms with Crippen molar-refractivity contribution in [2.45, 2.75) is 51.6 Å². The summed E-state index contributed by atoms with van der Waals surface area (Å²) in [6.07, 6.45) is 4.09. The second-order valence-electron chi connectivity index (χ2n) is 8.88. The molecule has 0 spiro atoms. The molecule has 2 amide bonds. The summed E-state index contributed by atoms with van der Waals surface area (Å²) in [5, 5.41) is 10.6. The Morgan fingerprint density at radius 1 is 1.16 bits per heavy atom. The third kappa shape index (κ3) is 4.05. The van der Waals surface area contributed by atoms with Crippen molar-refractivity contribution in [1.29, 1.82) is 0 Å². The number of aromatic amines is 1. The number of nitrogens with one attached hydrogen (secondary N) is 2. The van der Waals surface area contributed by atoms with E-state index in [4.69, 9.17) is 0 Å². The average Bonchev–Trinajstić information content (AvgIpc) is 3.23. The zero-order valence-electron chi connectivity index (χ0n) is 18.4. The first-order chi connectivity index (χ1) is 15.6. The van der Waals surface area contributed by atoms with Crippen molar-refractivity contribution in [1.82, 2.24) is 20.4 Å². The van der Waals surface area contributed by atoms with E-state index in [1.807, 2.05) is 42.2 Å². The van der Waals surface area contributed by atoms with Gasteiger partial charge in [-0.25, -0.2) is 0 Å². The van der Waals surface area contributed by atoms with E-state index in [0.29, 0.717) is 31.6 Å². The van der Waals surface area contributed by atoms with Crippen LogP contribution in [0.1, 0.15) is 62.9 Å². The summed E-state index contributed by atoms with van der Waals surface area (Å²) in [6, 6.07) is 16.4. The Hall–Kier alpha value is -3.41. The summed E-state index contributed by atoms with van der Waals surface area (Å²) in [7, 11) is 0. The minimum atomic E-state index is -0.169. The molecule has 2 aliphatic rings. The van der Waals surface area contributed by atoms with E-state index in [-0.39, 0.29) is 17.9 Å². The van der Waals surface area contributed by atoms with Crippen LogP contribution < -0.4 is 5.32 Å². The lowest BCUT2D eigenvalue weighted by Gasteiger charge is -2.28. The lowest BCUT2D eigenvalue weighted by Crippen LogP contribution is -2.38. The van der Waals surface area contributed by atoms with Crippen LogP contribution in [-0.4, -0.2) is 33.5 Å². The summed E-state index contributed by atoms with van der Waals surface area (Å²) >= 11 is 0. The van der Waals surface area contributed by atoms with Gasteiger partial charge in [0.15, 0.2) is 5.69 Å². The number of aryl methyl sites for hydroxylation is 2. The molecule has 0 saturated heterocycles. The lowest BCUT2D eigenvalue weighted by atomic mass is 9.87. The average molecular weight is 429 g/mol. The molecule has 6 heteroatoms. The minimum absolute atomic E-state index is 0.00226. The Morgan fingerprint density at radius 2 is 2.03 bits per heavy atom. The largest absolute Gasteiger partial charge is 0.344 e. The Bertz CT molecular complexity index is 1170. The van der Waals surface area contributed by atoms with E-state index in [0.717, 1.165) is 41.6 Å².